The van der Waals surface area contributed by atoms with Gasteiger partial charge in [-0.05, 0) is 104 Å². The molecule has 1 unspecified atom stereocenters. The number of carbonyl (C=O) groups excluding carboxylic acids is 3. The van der Waals surface area contributed by atoms with Gasteiger partial charge in [0.05, 0.1) is 17.1 Å². The van der Waals surface area contributed by atoms with Crippen LogP contribution in [0.3, 0.4) is 0 Å². The summed E-state index contributed by atoms with van der Waals surface area (Å²) in [4.78, 5) is 49.1. The first-order valence-electron chi connectivity index (χ1n) is 14.0. The van der Waals surface area contributed by atoms with E-state index in [4.69, 9.17) is 4.99 Å². The average molecular weight is 560 g/mol. The van der Waals surface area contributed by atoms with Crippen molar-refractivity contribution in [1.82, 2.24) is 20.4 Å². The van der Waals surface area contributed by atoms with Gasteiger partial charge in [0.25, 0.3) is 0 Å². The number of likely N-dealkylation sites (tertiary alicyclic amines) is 2. The molecular formula is C29H42FN5O3S. The minimum atomic E-state index is -0.598. The lowest BCUT2D eigenvalue weighted by Crippen LogP contribution is -2.59. The Labute approximate surface area is 235 Å². The van der Waals surface area contributed by atoms with Gasteiger partial charge in [0.15, 0.2) is 5.78 Å². The standard InChI is InChI=1S/C29H42FN5O3S/c1-18(31-5)26(37)33-24(19-12-15-34(16-13-19)29(2,3)4)28(38)35-14-6-7-23(35)27-32-22(17-39-27)25(36)20-8-10-21(30)11-9-20/h8-11,18-19,22-24,31H,6-7,12-17H2,1-5H3,(H,33,37)/t18-,22?,23-,24-/m0/s1. The zero-order chi connectivity index (χ0) is 28.3. The summed E-state index contributed by atoms with van der Waals surface area (Å²) in [5.41, 5.74) is 0.503. The van der Waals surface area contributed by atoms with E-state index in [1.807, 2.05) is 4.90 Å². The lowest BCUT2D eigenvalue weighted by atomic mass is 9.86. The topological polar surface area (TPSA) is 94.1 Å². The normalized spacial score (nSPS) is 24.4. The fourth-order valence-electron chi connectivity index (χ4n) is 5.68. The predicted octanol–water partition coefficient (Wildman–Crippen LogP) is 3.12. The number of benzene rings is 1. The molecule has 8 nitrogen and oxygen atoms in total. The summed E-state index contributed by atoms with van der Waals surface area (Å²) < 4.78 is 13.3. The van der Waals surface area contributed by atoms with Gasteiger partial charge in [0.2, 0.25) is 11.8 Å². The summed E-state index contributed by atoms with van der Waals surface area (Å²) in [5, 5.41) is 6.87. The second-order valence-electron chi connectivity index (χ2n) is 11.8. The number of nitrogens with one attached hydrogen (secondary N) is 2. The molecule has 214 valence electrons. The SMILES string of the molecule is CN[C@@H](C)C(=O)N[C@H](C(=O)N1CCC[C@H]1C1=NC(C(=O)c2ccc(F)cc2)CS1)C1CCN(C(C)(C)C)CC1. The molecule has 39 heavy (non-hydrogen) atoms. The van der Waals surface area contributed by atoms with Crippen LogP contribution in [0, 0.1) is 11.7 Å². The summed E-state index contributed by atoms with van der Waals surface area (Å²) in [6.07, 6.45) is 3.31. The number of rotatable bonds is 8. The van der Waals surface area contributed by atoms with Crippen molar-refractivity contribution < 1.29 is 18.8 Å². The zero-order valence-electron chi connectivity index (χ0n) is 23.7. The number of nitrogens with zero attached hydrogens (tertiary/aromatic N) is 3. The molecule has 3 aliphatic rings. The number of piperidine rings is 1. The molecule has 0 aromatic heterocycles. The van der Waals surface area contributed by atoms with Crippen molar-refractivity contribution in [3.05, 3.63) is 35.6 Å². The zero-order valence-corrected chi connectivity index (χ0v) is 24.5. The number of amides is 2. The Hall–Kier alpha value is -2.30. The second kappa shape index (κ2) is 12.5. The molecule has 0 radical (unpaired) electrons. The average Bonchev–Trinajstić information content (AvgIpc) is 3.60. The van der Waals surface area contributed by atoms with Crippen molar-refractivity contribution in [2.75, 3.05) is 32.4 Å². The van der Waals surface area contributed by atoms with Crippen molar-refractivity contribution in [2.24, 2.45) is 10.9 Å². The molecule has 2 amide bonds. The molecule has 0 bridgehead atoms. The van der Waals surface area contributed by atoms with Crippen molar-refractivity contribution >= 4 is 34.4 Å². The number of thioether (sulfide) groups is 1. The molecule has 10 heteroatoms. The van der Waals surface area contributed by atoms with Gasteiger partial charge in [-0.25, -0.2) is 4.39 Å². The summed E-state index contributed by atoms with van der Waals surface area (Å²) in [7, 11) is 1.73. The van der Waals surface area contributed by atoms with Crippen LogP contribution in [0.15, 0.2) is 29.3 Å². The van der Waals surface area contributed by atoms with E-state index in [-0.39, 0.29) is 40.9 Å². The van der Waals surface area contributed by atoms with Crippen LogP contribution in [0.4, 0.5) is 4.39 Å². The Kier molecular flexibility index (Phi) is 9.49. The van der Waals surface area contributed by atoms with Crippen molar-refractivity contribution in [3.63, 3.8) is 0 Å². The molecule has 0 aliphatic carbocycles. The van der Waals surface area contributed by atoms with Crippen LogP contribution < -0.4 is 10.6 Å². The maximum absolute atomic E-state index is 14.1. The molecule has 2 saturated heterocycles. The fourth-order valence-corrected chi connectivity index (χ4v) is 6.87. The van der Waals surface area contributed by atoms with Gasteiger partial charge in [-0.15, -0.1) is 11.8 Å². The van der Waals surface area contributed by atoms with Crippen LogP contribution >= 0.6 is 11.8 Å². The monoisotopic (exact) mass is 559 g/mol. The third kappa shape index (κ3) is 6.89. The first-order valence-corrected chi connectivity index (χ1v) is 15.0. The smallest absolute Gasteiger partial charge is 0.246 e. The molecule has 3 heterocycles. The number of halogens is 1. The third-order valence-electron chi connectivity index (χ3n) is 8.27. The van der Waals surface area contributed by atoms with Gasteiger partial charge >= 0.3 is 0 Å². The van der Waals surface area contributed by atoms with E-state index in [0.29, 0.717) is 17.9 Å². The number of Topliss-reactive ketones (excluding diaryl/α,β-unsaturated/α-hetero) is 1. The van der Waals surface area contributed by atoms with E-state index in [0.717, 1.165) is 43.8 Å². The maximum Gasteiger partial charge on any atom is 0.246 e. The summed E-state index contributed by atoms with van der Waals surface area (Å²) in [5.74, 6) is -0.190. The van der Waals surface area contributed by atoms with Gasteiger partial charge in [-0.3, -0.25) is 24.3 Å². The molecular weight excluding hydrogens is 517 g/mol. The fraction of sp³-hybridized carbons (Fsp3) is 0.655. The lowest BCUT2D eigenvalue weighted by molar-refractivity contribution is -0.139. The maximum atomic E-state index is 14.1. The Bertz CT molecular complexity index is 1080. The Morgan fingerprint density at radius 2 is 1.74 bits per heavy atom. The first-order chi connectivity index (χ1) is 18.5. The quantitative estimate of drug-likeness (QED) is 0.476. The van der Waals surface area contributed by atoms with E-state index in [2.05, 4.69) is 36.3 Å². The van der Waals surface area contributed by atoms with Crippen molar-refractivity contribution in [3.8, 4) is 0 Å². The van der Waals surface area contributed by atoms with Crippen LogP contribution in [0.25, 0.3) is 0 Å². The molecule has 1 aromatic rings. The van der Waals surface area contributed by atoms with E-state index >= 15 is 0 Å². The predicted molar refractivity (Wildman–Crippen MR) is 154 cm³/mol. The molecule has 4 atom stereocenters. The number of hydrogen-bond acceptors (Lipinski definition) is 7. The molecule has 0 spiro atoms. The number of carbonyl (C=O) groups is 3. The minimum Gasteiger partial charge on any atom is -0.343 e. The number of hydrogen-bond donors (Lipinski definition) is 2. The van der Waals surface area contributed by atoms with E-state index in [9.17, 15) is 18.8 Å². The minimum absolute atomic E-state index is 0.0522. The number of ketones is 1. The summed E-state index contributed by atoms with van der Waals surface area (Å²) in [6, 6.07) is 3.82. The van der Waals surface area contributed by atoms with Crippen LogP contribution in [-0.4, -0.2) is 94.6 Å². The van der Waals surface area contributed by atoms with Crippen molar-refractivity contribution in [1.29, 1.82) is 0 Å². The summed E-state index contributed by atoms with van der Waals surface area (Å²) in [6.45, 7) is 10.8. The van der Waals surface area contributed by atoms with Gasteiger partial charge in [-0.2, -0.15) is 0 Å². The van der Waals surface area contributed by atoms with E-state index in [1.54, 1.807) is 14.0 Å². The van der Waals surface area contributed by atoms with Gasteiger partial charge in [-0.1, -0.05) is 0 Å². The highest BCUT2D eigenvalue weighted by atomic mass is 32.2. The largest absolute Gasteiger partial charge is 0.343 e. The molecule has 2 N–H and O–H groups in total. The van der Waals surface area contributed by atoms with Crippen molar-refractivity contribution in [2.45, 2.75) is 83.1 Å². The lowest BCUT2D eigenvalue weighted by Gasteiger charge is -2.43. The molecule has 0 saturated carbocycles. The van der Waals surface area contributed by atoms with Gasteiger partial charge in [0.1, 0.15) is 17.9 Å². The summed E-state index contributed by atoms with van der Waals surface area (Å²) >= 11 is 1.52. The Morgan fingerprint density at radius 3 is 2.36 bits per heavy atom. The molecule has 4 rings (SSSR count). The first kappa shape index (κ1) is 29.7. The van der Waals surface area contributed by atoms with E-state index in [1.165, 1.54) is 36.0 Å². The Balaban J connectivity index is 1.50. The van der Waals surface area contributed by atoms with Gasteiger partial charge in [0, 0.05) is 23.4 Å². The van der Waals surface area contributed by atoms with Gasteiger partial charge < -0.3 is 15.5 Å². The second-order valence-corrected chi connectivity index (χ2v) is 12.9. The van der Waals surface area contributed by atoms with Crippen LogP contribution in [0.2, 0.25) is 0 Å². The molecule has 2 fully saturated rings. The van der Waals surface area contributed by atoms with Crippen LogP contribution in [0.1, 0.15) is 63.7 Å². The van der Waals surface area contributed by atoms with Crippen LogP contribution in [-0.2, 0) is 9.59 Å². The molecule has 1 aromatic carbocycles. The number of aliphatic imine (C=N–C) groups is 1. The Morgan fingerprint density at radius 1 is 1.08 bits per heavy atom. The third-order valence-corrected chi connectivity index (χ3v) is 9.43. The highest BCUT2D eigenvalue weighted by molar-refractivity contribution is 8.14. The van der Waals surface area contributed by atoms with Crippen LogP contribution in [0.5, 0.6) is 0 Å². The van der Waals surface area contributed by atoms with E-state index < -0.39 is 18.1 Å². The molecule has 3 aliphatic heterocycles. The number of likely N-dealkylation sites (N-methyl/N-ethyl adjacent to an activating group) is 1. The highest BCUT2D eigenvalue weighted by Crippen LogP contribution is 2.33. The highest BCUT2D eigenvalue weighted by Gasteiger charge is 2.43.